The molecule has 18 heavy (non-hydrogen) atoms. The van der Waals surface area contributed by atoms with Crippen molar-refractivity contribution in [1.82, 2.24) is 4.98 Å². The molecule has 0 bridgehead atoms. The summed E-state index contributed by atoms with van der Waals surface area (Å²) in [6.45, 7) is 6.23. The molecule has 0 amide bonds. The molecule has 92 valence electrons. The molecule has 0 aliphatic carbocycles. The van der Waals surface area contributed by atoms with Crippen molar-refractivity contribution >= 4 is 11.3 Å². The fourth-order valence-corrected chi connectivity index (χ4v) is 2.76. The molecule has 0 saturated carbocycles. The molecule has 1 unspecified atom stereocenters. The molecule has 2 rings (SSSR count). The summed E-state index contributed by atoms with van der Waals surface area (Å²) >= 11 is 1.58. The lowest BCUT2D eigenvalue weighted by Gasteiger charge is -2.03. The second-order valence-electron chi connectivity index (χ2n) is 4.46. The van der Waals surface area contributed by atoms with E-state index in [1.165, 1.54) is 11.1 Å². The van der Waals surface area contributed by atoms with Gasteiger partial charge in [0.2, 0.25) is 0 Å². The summed E-state index contributed by atoms with van der Waals surface area (Å²) in [7, 11) is 0. The molecule has 1 atom stereocenters. The molecule has 0 fully saturated rings. The Kier molecular flexibility index (Phi) is 3.78. The highest BCUT2D eigenvalue weighted by Crippen LogP contribution is 2.28. The van der Waals surface area contributed by atoms with Crippen molar-refractivity contribution in [3.05, 3.63) is 39.7 Å². The van der Waals surface area contributed by atoms with E-state index in [4.69, 9.17) is 5.26 Å². The highest BCUT2D eigenvalue weighted by atomic mass is 32.1. The molecule has 0 aliphatic rings. The first-order valence-electron chi connectivity index (χ1n) is 6.08. The summed E-state index contributed by atoms with van der Waals surface area (Å²) in [6.07, 6.45) is 0.816. The van der Waals surface area contributed by atoms with Crippen LogP contribution >= 0.6 is 11.3 Å². The van der Waals surface area contributed by atoms with Gasteiger partial charge in [0.15, 0.2) is 0 Å². The summed E-state index contributed by atoms with van der Waals surface area (Å²) in [5.74, 6) is -0.0738. The van der Waals surface area contributed by atoms with Gasteiger partial charge in [-0.3, -0.25) is 0 Å². The predicted molar refractivity (Wildman–Crippen MR) is 75.7 cm³/mol. The molecule has 3 heteroatoms. The lowest BCUT2D eigenvalue weighted by Crippen LogP contribution is -1.92. The molecule has 2 nitrogen and oxygen atoms in total. The van der Waals surface area contributed by atoms with Crippen molar-refractivity contribution in [2.24, 2.45) is 0 Å². The number of hydrogen-bond donors (Lipinski definition) is 0. The van der Waals surface area contributed by atoms with Gasteiger partial charge in [-0.25, -0.2) is 4.98 Å². The van der Waals surface area contributed by atoms with Gasteiger partial charge in [0.1, 0.15) is 5.01 Å². The smallest absolute Gasteiger partial charge is 0.110 e. The third kappa shape index (κ3) is 2.44. The molecule has 0 radical (unpaired) electrons. The quantitative estimate of drug-likeness (QED) is 0.813. The Bertz CT molecular complexity index is 593. The summed E-state index contributed by atoms with van der Waals surface area (Å²) in [4.78, 5) is 4.59. The second kappa shape index (κ2) is 5.32. The molecule has 1 aromatic heterocycles. The number of nitriles is 1. The Balaban J connectivity index is 2.35. The minimum Gasteiger partial charge on any atom is -0.240 e. The van der Waals surface area contributed by atoms with Gasteiger partial charge in [-0.1, -0.05) is 19.1 Å². The number of aryl methyl sites for hydroxylation is 2. The Labute approximate surface area is 112 Å². The fourth-order valence-electron chi connectivity index (χ4n) is 1.80. The van der Waals surface area contributed by atoms with Crippen LogP contribution in [0.2, 0.25) is 0 Å². The second-order valence-corrected chi connectivity index (χ2v) is 5.35. The van der Waals surface area contributed by atoms with Crippen LogP contribution in [0.15, 0.2) is 23.6 Å². The van der Waals surface area contributed by atoms with Crippen molar-refractivity contribution in [2.75, 3.05) is 0 Å². The minimum absolute atomic E-state index is 0.0738. The van der Waals surface area contributed by atoms with Gasteiger partial charge in [-0.05, 0) is 37.5 Å². The molecule has 1 aromatic carbocycles. The summed E-state index contributed by atoms with van der Waals surface area (Å²) < 4.78 is 0. The third-order valence-electron chi connectivity index (χ3n) is 3.19. The molecular weight excluding hydrogens is 240 g/mol. The van der Waals surface area contributed by atoms with E-state index in [1.807, 2.05) is 12.3 Å². The highest BCUT2D eigenvalue weighted by Gasteiger charge is 2.13. The zero-order valence-corrected chi connectivity index (χ0v) is 11.7. The standard InChI is InChI=1S/C15H16N2S/c1-4-12(8-16)15-17-14(9-18-15)13-6-5-10(2)11(3)7-13/h5-7,9,12H,4H2,1-3H3. The van der Waals surface area contributed by atoms with Crippen LogP contribution in [0.3, 0.4) is 0 Å². The van der Waals surface area contributed by atoms with Gasteiger partial charge in [-0.15, -0.1) is 11.3 Å². The van der Waals surface area contributed by atoms with E-state index < -0.39 is 0 Å². The number of hydrogen-bond acceptors (Lipinski definition) is 3. The molecule has 0 N–H and O–H groups in total. The lowest BCUT2D eigenvalue weighted by molar-refractivity contribution is 0.810. The van der Waals surface area contributed by atoms with E-state index >= 15 is 0 Å². The van der Waals surface area contributed by atoms with Crippen LogP contribution in [0, 0.1) is 25.2 Å². The SMILES string of the molecule is CCC(C#N)c1nc(-c2ccc(C)c(C)c2)cs1. The van der Waals surface area contributed by atoms with E-state index in [-0.39, 0.29) is 5.92 Å². The van der Waals surface area contributed by atoms with Gasteiger partial charge in [-0.2, -0.15) is 5.26 Å². The Morgan fingerprint density at radius 3 is 2.72 bits per heavy atom. The maximum atomic E-state index is 9.06. The van der Waals surface area contributed by atoms with Crippen molar-refractivity contribution in [3.8, 4) is 17.3 Å². The van der Waals surface area contributed by atoms with Gasteiger partial charge in [0.25, 0.3) is 0 Å². The normalized spacial score (nSPS) is 12.1. The fraction of sp³-hybridized carbons (Fsp3) is 0.333. The molecule has 2 aromatic rings. The van der Waals surface area contributed by atoms with E-state index in [0.29, 0.717) is 0 Å². The maximum absolute atomic E-state index is 9.06. The van der Waals surface area contributed by atoms with Crippen LogP contribution in [0.4, 0.5) is 0 Å². The third-order valence-corrected chi connectivity index (χ3v) is 4.15. The van der Waals surface area contributed by atoms with Crippen molar-refractivity contribution in [3.63, 3.8) is 0 Å². The van der Waals surface area contributed by atoms with Crippen LogP contribution in [-0.2, 0) is 0 Å². The number of benzene rings is 1. The first-order valence-corrected chi connectivity index (χ1v) is 6.96. The van der Waals surface area contributed by atoms with Crippen molar-refractivity contribution < 1.29 is 0 Å². The largest absolute Gasteiger partial charge is 0.240 e. The summed E-state index contributed by atoms with van der Waals surface area (Å²) in [6, 6.07) is 8.66. The molecular formula is C15H16N2S. The predicted octanol–water partition coefficient (Wildman–Crippen LogP) is 4.44. The van der Waals surface area contributed by atoms with Gasteiger partial charge in [0.05, 0.1) is 17.7 Å². The van der Waals surface area contributed by atoms with Gasteiger partial charge in [0, 0.05) is 10.9 Å². The van der Waals surface area contributed by atoms with E-state index in [9.17, 15) is 0 Å². The Morgan fingerprint density at radius 1 is 1.33 bits per heavy atom. The lowest BCUT2D eigenvalue weighted by atomic mass is 10.0. The zero-order chi connectivity index (χ0) is 13.1. The van der Waals surface area contributed by atoms with Gasteiger partial charge >= 0.3 is 0 Å². The van der Waals surface area contributed by atoms with Crippen molar-refractivity contribution in [2.45, 2.75) is 33.1 Å². The highest BCUT2D eigenvalue weighted by molar-refractivity contribution is 7.10. The van der Waals surface area contributed by atoms with Crippen molar-refractivity contribution in [1.29, 1.82) is 5.26 Å². The Hall–Kier alpha value is -1.66. The minimum atomic E-state index is -0.0738. The van der Waals surface area contributed by atoms with Crippen LogP contribution in [0.5, 0.6) is 0 Å². The van der Waals surface area contributed by atoms with Gasteiger partial charge < -0.3 is 0 Å². The topological polar surface area (TPSA) is 36.7 Å². The summed E-state index contributed by atoms with van der Waals surface area (Å²) in [5, 5.41) is 12.0. The molecule has 0 saturated heterocycles. The number of thiazole rings is 1. The van der Waals surface area contributed by atoms with E-state index in [2.05, 4.69) is 43.1 Å². The zero-order valence-electron chi connectivity index (χ0n) is 10.9. The molecule has 1 heterocycles. The maximum Gasteiger partial charge on any atom is 0.110 e. The van der Waals surface area contributed by atoms with Crippen LogP contribution in [0.1, 0.15) is 35.4 Å². The average molecular weight is 256 g/mol. The Morgan fingerprint density at radius 2 is 2.11 bits per heavy atom. The first kappa shape index (κ1) is 12.8. The number of nitrogens with zero attached hydrogens (tertiary/aromatic N) is 2. The average Bonchev–Trinajstić information content (AvgIpc) is 2.84. The molecule has 0 spiro atoms. The number of rotatable bonds is 3. The number of aromatic nitrogens is 1. The molecule has 0 aliphatic heterocycles. The van der Waals surface area contributed by atoms with E-state index in [0.717, 1.165) is 22.7 Å². The van der Waals surface area contributed by atoms with Crippen LogP contribution in [-0.4, -0.2) is 4.98 Å². The first-order chi connectivity index (χ1) is 8.65. The summed E-state index contributed by atoms with van der Waals surface area (Å²) in [5.41, 5.74) is 4.67. The van der Waals surface area contributed by atoms with E-state index in [1.54, 1.807) is 11.3 Å². The van der Waals surface area contributed by atoms with Crippen LogP contribution in [0.25, 0.3) is 11.3 Å². The van der Waals surface area contributed by atoms with Crippen LogP contribution < -0.4 is 0 Å². The monoisotopic (exact) mass is 256 g/mol.